The zero-order chi connectivity index (χ0) is 22.1. The molecule has 0 aliphatic heterocycles. The Balaban J connectivity index is 0.000000396. The van der Waals surface area contributed by atoms with Gasteiger partial charge >= 0.3 is 15.6 Å². The molecule has 0 saturated carbocycles. The van der Waals surface area contributed by atoms with E-state index in [0.29, 0.717) is 17.2 Å². The Kier molecular flexibility index (Phi) is 9.55. The van der Waals surface area contributed by atoms with E-state index in [0.717, 1.165) is 11.1 Å². The molecule has 0 aliphatic carbocycles. The third kappa shape index (κ3) is 9.74. The van der Waals surface area contributed by atoms with Gasteiger partial charge in [-0.2, -0.15) is 4.31 Å². The first-order valence-electron chi connectivity index (χ1n) is 7.84. The summed E-state index contributed by atoms with van der Waals surface area (Å²) in [6.07, 6.45) is 4.06. The molecule has 2 rings (SSSR count). The Morgan fingerprint density at radius 2 is 1.17 bits per heavy atom. The monoisotopic (exact) mass is 448 g/mol. The van der Waals surface area contributed by atoms with E-state index >= 15 is 0 Å². The summed E-state index contributed by atoms with van der Waals surface area (Å²) in [5, 5.41) is 0. The minimum absolute atomic E-state index is 0.604. The van der Waals surface area contributed by atoms with Crippen LogP contribution in [-0.4, -0.2) is 40.9 Å². The first-order chi connectivity index (χ1) is 13.5. The van der Waals surface area contributed by atoms with E-state index in [-0.39, 0.29) is 0 Å². The summed E-state index contributed by atoms with van der Waals surface area (Å²) in [4.78, 5) is 31.0. The molecule has 0 atom stereocenters. The van der Waals surface area contributed by atoms with E-state index in [1.807, 2.05) is 42.5 Å². The predicted octanol–water partition coefficient (Wildman–Crippen LogP) is 3.07. The number of benzene rings is 2. The average molecular weight is 448 g/mol. The second kappa shape index (κ2) is 11.1. The molecule has 0 amide bonds. The number of phosphoric acid groups is 2. The molecule has 0 aromatic heterocycles. The summed E-state index contributed by atoms with van der Waals surface area (Å²) in [6, 6.07) is 13.9. The van der Waals surface area contributed by atoms with Crippen molar-refractivity contribution in [3.63, 3.8) is 0 Å². The van der Waals surface area contributed by atoms with Crippen molar-refractivity contribution in [1.82, 2.24) is 0 Å². The third-order valence-electron chi connectivity index (χ3n) is 3.17. The largest absolute Gasteiger partial charge is 0.493 e. The topological polar surface area (TPSA) is 152 Å². The molecule has 0 unspecified atom stereocenters. The molecular formula is C17H22O10P2. The maximum absolute atomic E-state index is 9.63. The van der Waals surface area contributed by atoms with Crippen LogP contribution in [-0.2, 0) is 13.4 Å². The molecule has 10 nitrogen and oxygen atoms in total. The van der Waals surface area contributed by atoms with Gasteiger partial charge in [-0.15, -0.1) is 0 Å². The zero-order valence-corrected chi connectivity index (χ0v) is 17.6. The van der Waals surface area contributed by atoms with Crippen LogP contribution in [0.2, 0.25) is 0 Å². The minimum atomic E-state index is -5.05. The third-order valence-corrected chi connectivity index (χ3v) is 4.87. The maximum Gasteiger partial charge on any atom is 0.478 e. The van der Waals surface area contributed by atoms with Crippen molar-refractivity contribution in [1.29, 1.82) is 0 Å². The van der Waals surface area contributed by atoms with Gasteiger partial charge in [0.1, 0.15) is 0 Å². The summed E-state index contributed by atoms with van der Waals surface area (Å²) in [6.45, 7) is 0. The molecule has 0 fully saturated rings. The van der Waals surface area contributed by atoms with Gasteiger partial charge in [-0.05, 0) is 23.3 Å². The van der Waals surface area contributed by atoms with Gasteiger partial charge in [-0.3, -0.25) is 0 Å². The molecule has 2 aromatic carbocycles. The van der Waals surface area contributed by atoms with Crippen LogP contribution in [0, 0.1) is 0 Å². The van der Waals surface area contributed by atoms with E-state index < -0.39 is 15.6 Å². The van der Waals surface area contributed by atoms with E-state index in [4.69, 9.17) is 33.8 Å². The lowest BCUT2D eigenvalue weighted by molar-refractivity contribution is 0.225. The van der Waals surface area contributed by atoms with Crippen LogP contribution in [0.3, 0.4) is 0 Å². The molecule has 0 aliphatic rings. The van der Waals surface area contributed by atoms with Gasteiger partial charge in [-0.25, -0.2) is 9.13 Å². The van der Waals surface area contributed by atoms with Crippen LogP contribution in [0.4, 0.5) is 0 Å². The highest BCUT2D eigenvalue weighted by atomic mass is 31.3. The number of ether oxygens (including phenoxy) is 3. The van der Waals surface area contributed by atoms with Gasteiger partial charge in [0, 0.05) is 0 Å². The van der Waals surface area contributed by atoms with E-state index in [1.165, 1.54) is 0 Å². The average Bonchev–Trinajstić information content (AvgIpc) is 2.63. The van der Waals surface area contributed by atoms with E-state index in [2.05, 4.69) is 16.4 Å². The Labute approximate surface area is 167 Å². The summed E-state index contributed by atoms with van der Waals surface area (Å²) in [5.74, 6) is 1.91. The van der Waals surface area contributed by atoms with E-state index in [9.17, 15) is 9.13 Å². The number of rotatable bonds is 7. The van der Waals surface area contributed by atoms with Crippen LogP contribution in [0.25, 0.3) is 12.2 Å². The number of hydrogen-bond acceptors (Lipinski definition) is 6. The molecule has 0 saturated heterocycles. The number of methoxy groups -OCH3 is 3. The lowest BCUT2D eigenvalue weighted by Crippen LogP contribution is -1.95. The molecular weight excluding hydrogens is 426 g/mol. The van der Waals surface area contributed by atoms with Gasteiger partial charge < -0.3 is 33.8 Å². The molecule has 0 bridgehead atoms. The Hall–Kier alpha value is -2.16. The predicted molar refractivity (Wildman–Crippen MR) is 107 cm³/mol. The van der Waals surface area contributed by atoms with Crippen molar-refractivity contribution >= 4 is 27.8 Å². The molecule has 0 radical (unpaired) electrons. The SMILES string of the molecule is COc1cc(C=Cc2ccccc2)cc(OC)c1OC.O=P(O)(O)OP(=O)(O)O. The lowest BCUT2D eigenvalue weighted by Gasteiger charge is -2.12. The smallest absolute Gasteiger partial charge is 0.478 e. The van der Waals surface area contributed by atoms with Crippen molar-refractivity contribution in [3.8, 4) is 17.2 Å². The summed E-state index contributed by atoms with van der Waals surface area (Å²) in [5.41, 5.74) is 2.13. The first kappa shape index (κ1) is 24.9. The van der Waals surface area contributed by atoms with Crippen molar-refractivity contribution in [2.75, 3.05) is 21.3 Å². The van der Waals surface area contributed by atoms with Crippen LogP contribution >= 0.6 is 15.6 Å². The second-order valence-corrected chi connectivity index (χ2v) is 7.88. The lowest BCUT2D eigenvalue weighted by atomic mass is 10.1. The van der Waals surface area contributed by atoms with Crippen molar-refractivity contribution < 1.29 is 47.2 Å². The van der Waals surface area contributed by atoms with Crippen molar-refractivity contribution in [3.05, 3.63) is 53.6 Å². The zero-order valence-electron chi connectivity index (χ0n) is 15.8. The van der Waals surface area contributed by atoms with Gasteiger partial charge in [0.2, 0.25) is 5.75 Å². The van der Waals surface area contributed by atoms with Crippen LogP contribution in [0.15, 0.2) is 42.5 Å². The standard InChI is InChI=1S/C17H18O3.H4O7P2/c1-18-15-11-14(12-16(19-2)17(15)20-3)10-9-13-7-5-4-6-8-13;1-8(2,3)7-9(4,5)6/h4-12H,1-3H3;(H2,1,2,3)(H2,4,5,6). The second-order valence-electron chi connectivity index (χ2n) is 5.27. The normalized spacial score (nSPS) is 11.6. The summed E-state index contributed by atoms with van der Waals surface area (Å²) in [7, 11) is -5.28. The molecule has 4 N–H and O–H groups in total. The Morgan fingerprint density at radius 3 is 1.52 bits per heavy atom. The van der Waals surface area contributed by atoms with Gasteiger partial charge in [0.25, 0.3) is 0 Å². The quantitative estimate of drug-likeness (QED) is 0.367. The first-order valence-corrected chi connectivity index (χ1v) is 10.9. The van der Waals surface area contributed by atoms with E-state index in [1.54, 1.807) is 21.3 Å². The molecule has 2 aromatic rings. The van der Waals surface area contributed by atoms with Gasteiger partial charge in [-0.1, -0.05) is 42.5 Å². The molecule has 160 valence electrons. The summed E-state index contributed by atoms with van der Waals surface area (Å²) < 4.78 is 38.2. The molecule has 0 spiro atoms. The van der Waals surface area contributed by atoms with Gasteiger partial charge in [0.15, 0.2) is 11.5 Å². The van der Waals surface area contributed by atoms with Crippen LogP contribution in [0.1, 0.15) is 11.1 Å². The van der Waals surface area contributed by atoms with Crippen LogP contribution in [0.5, 0.6) is 17.2 Å². The Bertz CT molecular complexity index is 857. The Morgan fingerprint density at radius 1 is 0.724 bits per heavy atom. The fourth-order valence-electron chi connectivity index (χ4n) is 2.09. The van der Waals surface area contributed by atoms with Crippen molar-refractivity contribution in [2.24, 2.45) is 0 Å². The highest BCUT2D eigenvalue weighted by Gasteiger charge is 2.27. The fourth-order valence-corrected chi connectivity index (χ4v) is 3.20. The highest BCUT2D eigenvalue weighted by Crippen LogP contribution is 2.53. The molecule has 12 heteroatoms. The summed E-state index contributed by atoms with van der Waals surface area (Å²) >= 11 is 0. The number of hydrogen-bond donors (Lipinski definition) is 4. The fraction of sp³-hybridized carbons (Fsp3) is 0.176. The molecule has 0 heterocycles. The molecule has 29 heavy (non-hydrogen) atoms. The minimum Gasteiger partial charge on any atom is -0.493 e. The van der Waals surface area contributed by atoms with Crippen molar-refractivity contribution in [2.45, 2.75) is 0 Å². The maximum atomic E-state index is 9.63. The highest BCUT2D eigenvalue weighted by molar-refractivity contribution is 7.60. The van der Waals surface area contributed by atoms with Crippen LogP contribution < -0.4 is 14.2 Å². The van der Waals surface area contributed by atoms with Gasteiger partial charge in [0.05, 0.1) is 21.3 Å².